The summed E-state index contributed by atoms with van der Waals surface area (Å²) in [6, 6.07) is 5.94. The molecule has 0 amide bonds. The highest BCUT2D eigenvalue weighted by atomic mass is 16.5. The Kier molecular flexibility index (Phi) is 4.16. The summed E-state index contributed by atoms with van der Waals surface area (Å²) in [7, 11) is 0. The van der Waals surface area contributed by atoms with Crippen molar-refractivity contribution < 1.29 is 14.6 Å². The minimum atomic E-state index is -0.954. The maximum absolute atomic E-state index is 10.5. The molecule has 3 heteroatoms. The lowest BCUT2D eigenvalue weighted by Gasteiger charge is -2.23. The van der Waals surface area contributed by atoms with E-state index in [4.69, 9.17) is 9.84 Å². The molecule has 0 saturated heterocycles. The number of carboxylic acids is 1. The van der Waals surface area contributed by atoms with E-state index in [-0.39, 0.29) is 12.0 Å². The SMILES string of the molecule is CCc1ccc(OCC(=O)O)c(C(C)(C)C)c1. The summed E-state index contributed by atoms with van der Waals surface area (Å²) in [5.41, 5.74) is 2.23. The van der Waals surface area contributed by atoms with Gasteiger partial charge >= 0.3 is 5.97 Å². The number of hydrogen-bond donors (Lipinski definition) is 1. The fourth-order valence-electron chi connectivity index (χ4n) is 1.65. The molecule has 0 aliphatic rings. The van der Waals surface area contributed by atoms with Crippen LogP contribution in [0.25, 0.3) is 0 Å². The van der Waals surface area contributed by atoms with E-state index in [0.29, 0.717) is 5.75 Å². The van der Waals surface area contributed by atoms with Crippen molar-refractivity contribution in [2.75, 3.05) is 6.61 Å². The second-order valence-corrected chi connectivity index (χ2v) is 5.12. The molecule has 3 nitrogen and oxygen atoms in total. The average Bonchev–Trinajstić information content (AvgIpc) is 2.24. The number of aryl methyl sites for hydroxylation is 1. The fraction of sp³-hybridized carbons (Fsp3) is 0.500. The largest absolute Gasteiger partial charge is 0.482 e. The lowest BCUT2D eigenvalue weighted by Crippen LogP contribution is -2.16. The lowest BCUT2D eigenvalue weighted by atomic mass is 9.85. The molecule has 0 fully saturated rings. The van der Waals surface area contributed by atoms with Gasteiger partial charge in [0.2, 0.25) is 0 Å². The van der Waals surface area contributed by atoms with Gasteiger partial charge in [-0.2, -0.15) is 0 Å². The van der Waals surface area contributed by atoms with Gasteiger partial charge in [0.1, 0.15) is 5.75 Å². The van der Waals surface area contributed by atoms with Crippen LogP contribution in [-0.4, -0.2) is 17.7 Å². The number of aliphatic carboxylic acids is 1. The molecule has 0 unspecified atom stereocenters. The van der Waals surface area contributed by atoms with Gasteiger partial charge < -0.3 is 9.84 Å². The molecule has 94 valence electrons. The molecule has 0 bridgehead atoms. The standard InChI is InChI=1S/C14H20O3/c1-5-10-6-7-12(17-9-13(15)16)11(8-10)14(2,3)4/h6-8H,5,9H2,1-4H3,(H,15,16). The van der Waals surface area contributed by atoms with Gasteiger partial charge in [0, 0.05) is 0 Å². The zero-order valence-electron chi connectivity index (χ0n) is 10.9. The molecule has 0 atom stereocenters. The van der Waals surface area contributed by atoms with Gasteiger partial charge in [0.15, 0.2) is 6.61 Å². The molecule has 0 heterocycles. The normalized spacial score (nSPS) is 11.3. The lowest BCUT2D eigenvalue weighted by molar-refractivity contribution is -0.139. The third kappa shape index (κ3) is 3.77. The van der Waals surface area contributed by atoms with E-state index in [1.807, 2.05) is 12.1 Å². The molecule has 1 aromatic rings. The summed E-state index contributed by atoms with van der Waals surface area (Å²) in [5.74, 6) is -0.290. The number of carbonyl (C=O) groups is 1. The van der Waals surface area contributed by atoms with Crippen LogP contribution in [-0.2, 0) is 16.6 Å². The Hall–Kier alpha value is -1.51. The fourth-order valence-corrected chi connectivity index (χ4v) is 1.65. The Morgan fingerprint density at radius 3 is 2.47 bits per heavy atom. The number of benzene rings is 1. The summed E-state index contributed by atoms with van der Waals surface area (Å²) < 4.78 is 5.33. The highest BCUT2D eigenvalue weighted by Gasteiger charge is 2.19. The van der Waals surface area contributed by atoms with Crippen LogP contribution >= 0.6 is 0 Å². The van der Waals surface area contributed by atoms with Crippen molar-refractivity contribution in [2.45, 2.75) is 39.5 Å². The van der Waals surface area contributed by atoms with Gasteiger partial charge in [-0.25, -0.2) is 4.79 Å². The van der Waals surface area contributed by atoms with Gasteiger partial charge in [-0.15, -0.1) is 0 Å². The molecular weight excluding hydrogens is 216 g/mol. The van der Waals surface area contributed by atoms with E-state index in [9.17, 15) is 4.79 Å². The van der Waals surface area contributed by atoms with Crippen molar-refractivity contribution in [3.05, 3.63) is 29.3 Å². The number of carboxylic acid groups (broad SMARTS) is 1. The van der Waals surface area contributed by atoms with E-state index in [1.54, 1.807) is 0 Å². The van der Waals surface area contributed by atoms with Crippen molar-refractivity contribution in [2.24, 2.45) is 0 Å². The second kappa shape index (κ2) is 5.21. The maximum atomic E-state index is 10.5. The van der Waals surface area contributed by atoms with Gasteiger partial charge in [0.25, 0.3) is 0 Å². The number of rotatable bonds is 4. The van der Waals surface area contributed by atoms with Gasteiger partial charge in [-0.3, -0.25) is 0 Å². The van der Waals surface area contributed by atoms with Crippen LogP contribution in [0.15, 0.2) is 18.2 Å². The number of hydrogen-bond acceptors (Lipinski definition) is 2. The van der Waals surface area contributed by atoms with Crippen molar-refractivity contribution in [1.82, 2.24) is 0 Å². The van der Waals surface area contributed by atoms with Crippen LogP contribution in [0.1, 0.15) is 38.8 Å². The molecule has 0 aromatic heterocycles. The molecule has 0 aliphatic carbocycles. The molecule has 1 N–H and O–H groups in total. The molecule has 0 radical (unpaired) electrons. The first-order valence-electron chi connectivity index (χ1n) is 5.82. The van der Waals surface area contributed by atoms with Crippen LogP contribution in [0.2, 0.25) is 0 Å². The Morgan fingerprint density at radius 1 is 1.35 bits per heavy atom. The van der Waals surface area contributed by atoms with Crippen LogP contribution in [0.5, 0.6) is 5.75 Å². The van der Waals surface area contributed by atoms with E-state index >= 15 is 0 Å². The van der Waals surface area contributed by atoms with Crippen LogP contribution in [0.3, 0.4) is 0 Å². The Morgan fingerprint density at radius 2 is 2.00 bits per heavy atom. The van der Waals surface area contributed by atoms with Crippen LogP contribution in [0.4, 0.5) is 0 Å². The summed E-state index contributed by atoms with van der Waals surface area (Å²) in [4.78, 5) is 10.5. The summed E-state index contributed by atoms with van der Waals surface area (Å²) >= 11 is 0. The summed E-state index contributed by atoms with van der Waals surface area (Å²) in [6.45, 7) is 8.08. The van der Waals surface area contributed by atoms with Crippen molar-refractivity contribution in [3.63, 3.8) is 0 Å². The highest BCUT2D eigenvalue weighted by Crippen LogP contribution is 2.32. The molecule has 0 spiro atoms. The highest BCUT2D eigenvalue weighted by molar-refractivity contribution is 5.68. The molecule has 0 aliphatic heterocycles. The van der Waals surface area contributed by atoms with Gasteiger partial charge in [-0.1, -0.05) is 39.8 Å². The minimum absolute atomic E-state index is 0.0565. The smallest absolute Gasteiger partial charge is 0.341 e. The van der Waals surface area contributed by atoms with Crippen molar-refractivity contribution >= 4 is 5.97 Å². The summed E-state index contributed by atoms with van der Waals surface area (Å²) in [5, 5.41) is 8.64. The molecular formula is C14H20O3. The van der Waals surface area contributed by atoms with E-state index in [0.717, 1.165) is 12.0 Å². The monoisotopic (exact) mass is 236 g/mol. The van der Waals surface area contributed by atoms with E-state index in [1.165, 1.54) is 5.56 Å². The molecule has 1 rings (SSSR count). The minimum Gasteiger partial charge on any atom is -0.482 e. The second-order valence-electron chi connectivity index (χ2n) is 5.12. The Labute approximate surface area is 102 Å². The Bertz CT molecular complexity index is 402. The third-order valence-electron chi connectivity index (χ3n) is 2.61. The summed E-state index contributed by atoms with van der Waals surface area (Å²) in [6.07, 6.45) is 0.961. The zero-order valence-corrected chi connectivity index (χ0v) is 10.9. The first-order chi connectivity index (χ1) is 7.84. The molecule has 17 heavy (non-hydrogen) atoms. The topological polar surface area (TPSA) is 46.5 Å². The zero-order chi connectivity index (χ0) is 13.1. The average molecular weight is 236 g/mol. The molecule has 1 aromatic carbocycles. The van der Waals surface area contributed by atoms with Gasteiger partial charge in [0.05, 0.1) is 0 Å². The van der Waals surface area contributed by atoms with Gasteiger partial charge in [-0.05, 0) is 29.0 Å². The van der Waals surface area contributed by atoms with E-state index < -0.39 is 5.97 Å². The predicted molar refractivity (Wildman–Crippen MR) is 67.7 cm³/mol. The maximum Gasteiger partial charge on any atom is 0.341 e. The molecule has 0 saturated carbocycles. The first-order valence-corrected chi connectivity index (χ1v) is 5.82. The van der Waals surface area contributed by atoms with Crippen molar-refractivity contribution in [1.29, 1.82) is 0 Å². The van der Waals surface area contributed by atoms with E-state index in [2.05, 4.69) is 33.8 Å². The quantitative estimate of drug-likeness (QED) is 0.874. The van der Waals surface area contributed by atoms with Crippen LogP contribution < -0.4 is 4.74 Å². The van der Waals surface area contributed by atoms with Crippen LogP contribution in [0, 0.1) is 0 Å². The van der Waals surface area contributed by atoms with Crippen molar-refractivity contribution in [3.8, 4) is 5.75 Å². The Balaban J connectivity index is 3.07. The number of ether oxygens (including phenoxy) is 1. The third-order valence-corrected chi connectivity index (χ3v) is 2.61. The first kappa shape index (κ1) is 13.6. The predicted octanol–water partition coefficient (Wildman–Crippen LogP) is 3.01.